The van der Waals surface area contributed by atoms with Crippen LogP contribution in [-0.4, -0.2) is 40.8 Å². The summed E-state index contributed by atoms with van der Waals surface area (Å²) >= 11 is 1.29. The molecule has 0 radical (unpaired) electrons. The molecule has 2 unspecified atom stereocenters. The number of rotatable bonds is 9. The number of aryl methyl sites for hydroxylation is 3. The van der Waals surface area contributed by atoms with Gasteiger partial charge in [0, 0.05) is 18.4 Å². The SMILES string of the molecule is CCCCc1noc(C)c1CCc1ncc(C(=O)OC2CCOC2C(N)=O)s1. The van der Waals surface area contributed by atoms with Gasteiger partial charge < -0.3 is 19.7 Å². The zero-order chi connectivity index (χ0) is 20.1. The molecule has 1 saturated heterocycles. The molecule has 0 aromatic carbocycles. The topological polar surface area (TPSA) is 118 Å². The largest absolute Gasteiger partial charge is 0.455 e. The van der Waals surface area contributed by atoms with E-state index >= 15 is 0 Å². The first-order valence-electron chi connectivity index (χ1n) is 9.50. The van der Waals surface area contributed by atoms with E-state index in [0.717, 1.165) is 47.7 Å². The van der Waals surface area contributed by atoms with Crippen LogP contribution in [0, 0.1) is 6.92 Å². The van der Waals surface area contributed by atoms with Gasteiger partial charge in [0.1, 0.15) is 16.7 Å². The molecule has 2 aromatic heterocycles. The second-order valence-corrected chi connectivity index (χ2v) is 7.93. The maximum Gasteiger partial charge on any atom is 0.350 e. The molecule has 1 amide bonds. The van der Waals surface area contributed by atoms with Gasteiger partial charge in [0.05, 0.1) is 23.5 Å². The fourth-order valence-electron chi connectivity index (χ4n) is 3.20. The van der Waals surface area contributed by atoms with Crippen LogP contribution in [0.3, 0.4) is 0 Å². The van der Waals surface area contributed by atoms with Crippen molar-refractivity contribution < 1.29 is 23.6 Å². The van der Waals surface area contributed by atoms with Gasteiger partial charge in [0.15, 0.2) is 6.10 Å². The Balaban J connectivity index is 1.58. The van der Waals surface area contributed by atoms with Gasteiger partial charge in [-0.3, -0.25) is 4.79 Å². The van der Waals surface area contributed by atoms with Crippen molar-refractivity contribution in [1.82, 2.24) is 10.1 Å². The average molecular weight is 407 g/mol. The first-order valence-corrected chi connectivity index (χ1v) is 10.3. The van der Waals surface area contributed by atoms with Crippen molar-refractivity contribution >= 4 is 23.2 Å². The number of nitrogens with two attached hydrogens (primary N) is 1. The van der Waals surface area contributed by atoms with E-state index in [0.29, 0.717) is 24.3 Å². The lowest BCUT2D eigenvalue weighted by molar-refractivity contribution is -0.130. The van der Waals surface area contributed by atoms with Gasteiger partial charge in [0.2, 0.25) is 5.91 Å². The predicted molar refractivity (Wildman–Crippen MR) is 102 cm³/mol. The van der Waals surface area contributed by atoms with E-state index in [4.69, 9.17) is 19.7 Å². The van der Waals surface area contributed by atoms with Crippen molar-refractivity contribution in [3.05, 3.63) is 33.1 Å². The van der Waals surface area contributed by atoms with Crippen LogP contribution in [0.4, 0.5) is 0 Å². The summed E-state index contributed by atoms with van der Waals surface area (Å²) in [5.41, 5.74) is 7.40. The smallest absolute Gasteiger partial charge is 0.350 e. The van der Waals surface area contributed by atoms with E-state index in [-0.39, 0.29) is 0 Å². The Kier molecular flexibility index (Phi) is 6.79. The molecule has 1 aliphatic heterocycles. The summed E-state index contributed by atoms with van der Waals surface area (Å²) in [6, 6.07) is 0. The molecule has 2 atom stereocenters. The van der Waals surface area contributed by atoms with Crippen LogP contribution >= 0.6 is 11.3 Å². The number of hydrogen-bond donors (Lipinski definition) is 1. The van der Waals surface area contributed by atoms with Gasteiger partial charge in [-0.05, 0) is 26.2 Å². The summed E-state index contributed by atoms with van der Waals surface area (Å²) in [7, 11) is 0. The third-order valence-electron chi connectivity index (χ3n) is 4.75. The van der Waals surface area contributed by atoms with Crippen LogP contribution in [0.2, 0.25) is 0 Å². The summed E-state index contributed by atoms with van der Waals surface area (Å²) in [5, 5.41) is 5.00. The molecule has 0 spiro atoms. The van der Waals surface area contributed by atoms with E-state index in [9.17, 15) is 9.59 Å². The maximum atomic E-state index is 12.4. The Morgan fingerprint density at radius 2 is 2.18 bits per heavy atom. The molecule has 1 fully saturated rings. The average Bonchev–Trinajstić information content (AvgIpc) is 3.38. The summed E-state index contributed by atoms with van der Waals surface area (Å²) in [5.74, 6) is -0.292. The second-order valence-electron chi connectivity index (χ2n) is 6.81. The lowest BCUT2D eigenvalue weighted by Crippen LogP contribution is -2.38. The lowest BCUT2D eigenvalue weighted by atomic mass is 10.0. The minimum atomic E-state index is -0.880. The molecule has 28 heavy (non-hydrogen) atoms. The van der Waals surface area contributed by atoms with Gasteiger partial charge in [0.25, 0.3) is 0 Å². The van der Waals surface area contributed by atoms with Crippen molar-refractivity contribution in [2.24, 2.45) is 5.73 Å². The lowest BCUT2D eigenvalue weighted by Gasteiger charge is -2.15. The molecule has 2 N–H and O–H groups in total. The normalized spacial score (nSPS) is 19.1. The van der Waals surface area contributed by atoms with Crippen LogP contribution in [0.1, 0.15) is 57.9 Å². The first kappa shape index (κ1) is 20.5. The quantitative estimate of drug-likeness (QED) is 0.634. The van der Waals surface area contributed by atoms with Crippen molar-refractivity contribution in [2.45, 2.75) is 64.6 Å². The zero-order valence-corrected chi connectivity index (χ0v) is 16.9. The summed E-state index contributed by atoms with van der Waals surface area (Å²) in [6.45, 7) is 4.41. The summed E-state index contributed by atoms with van der Waals surface area (Å²) in [4.78, 5) is 28.4. The molecule has 152 valence electrons. The van der Waals surface area contributed by atoms with Gasteiger partial charge in [-0.1, -0.05) is 18.5 Å². The van der Waals surface area contributed by atoms with Crippen LogP contribution in [-0.2, 0) is 33.5 Å². The first-order chi connectivity index (χ1) is 13.5. The Bertz CT molecular complexity index is 831. The van der Waals surface area contributed by atoms with Crippen molar-refractivity contribution in [3.8, 4) is 0 Å². The fourth-order valence-corrected chi connectivity index (χ4v) is 4.00. The molecule has 8 nitrogen and oxygen atoms in total. The molecule has 3 heterocycles. The molecule has 9 heteroatoms. The highest BCUT2D eigenvalue weighted by atomic mass is 32.1. The molecule has 0 bridgehead atoms. The number of carbonyl (C=O) groups is 2. The highest BCUT2D eigenvalue weighted by Crippen LogP contribution is 2.23. The highest BCUT2D eigenvalue weighted by Gasteiger charge is 2.36. The van der Waals surface area contributed by atoms with E-state index in [1.54, 1.807) is 0 Å². The van der Waals surface area contributed by atoms with E-state index in [1.165, 1.54) is 17.5 Å². The molecule has 0 saturated carbocycles. The Morgan fingerprint density at radius 3 is 2.93 bits per heavy atom. The van der Waals surface area contributed by atoms with Crippen molar-refractivity contribution in [3.63, 3.8) is 0 Å². The molecular weight excluding hydrogens is 382 g/mol. The number of carbonyl (C=O) groups excluding carboxylic acids is 2. The third kappa shape index (κ3) is 4.77. The number of esters is 1. The third-order valence-corrected chi connectivity index (χ3v) is 5.79. The molecule has 0 aliphatic carbocycles. The van der Waals surface area contributed by atoms with Gasteiger partial charge in [-0.25, -0.2) is 9.78 Å². The number of aromatic nitrogens is 2. The predicted octanol–water partition coefficient (Wildman–Crippen LogP) is 2.37. The summed E-state index contributed by atoms with van der Waals surface area (Å²) < 4.78 is 16.0. The number of ether oxygens (including phenoxy) is 2. The van der Waals surface area contributed by atoms with E-state index in [2.05, 4.69) is 17.1 Å². The maximum absolute atomic E-state index is 12.4. The standard InChI is InChI=1S/C19H25N3O5S/c1-3-4-5-13-12(11(2)27-22-13)6-7-16-21-10-15(28-16)19(24)26-14-8-9-25-17(14)18(20)23/h10,14,17H,3-9H2,1-2H3,(H2,20,23). The van der Waals surface area contributed by atoms with Gasteiger partial charge in [-0.2, -0.15) is 0 Å². The molecule has 3 rings (SSSR count). The van der Waals surface area contributed by atoms with Crippen LogP contribution in [0.15, 0.2) is 10.7 Å². The number of nitrogens with zero attached hydrogens (tertiary/aromatic N) is 2. The number of thiazole rings is 1. The van der Waals surface area contributed by atoms with Crippen molar-refractivity contribution in [2.75, 3.05) is 6.61 Å². The Morgan fingerprint density at radius 1 is 1.36 bits per heavy atom. The number of hydrogen-bond acceptors (Lipinski definition) is 8. The Labute approximate surface area is 167 Å². The van der Waals surface area contributed by atoms with E-state index < -0.39 is 24.1 Å². The zero-order valence-electron chi connectivity index (χ0n) is 16.1. The van der Waals surface area contributed by atoms with Gasteiger partial charge >= 0.3 is 5.97 Å². The molecular formula is C19H25N3O5S. The van der Waals surface area contributed by atoms with Crippen molar-refractivity contribution in [1.29, 1.82) is 0 Å². The molecule has 1 aliphatic rings. The second kappa shape index (κ2) is 9.29. The highest BCUT2D eigenvalue weighted by molar-refractivity contribution is 7.13. The molecule has 2 aromatic rings. The summed E-state index contributed by atoms with van der Waals surface area (Å²) in [6.07, 6.45) is 4.98. The minimum absolute atomic E-state index is 0.345. The number of unbranched alkanes of at least 4 members (excludes halogenated alkanes) is 1. The van der Waals surface area contributed by atoms with Gasteiger partial charge in [-0.15, -0.1) is 11.3 Å². The van der Waals surface area contributed by atoms with E-state index in [1.807, 2.05) is 6.92 Å². The number of amides is 1. The minimum Gasteiger partial charge on any atom is -0.455 e. The Hall–Kier alpha value is -2.26. The number of primary amides is 1. The van der Waals surface area contributed by atoms with Crippen LogP contribution in [0.5, 0.6) is 0 Å². The fraction of sp³-hybridized carbons (Fsp3) is 0.579. The van der Waals surface area contributed by atoms with Crippen LogP contribution < -0.4 is 5.73 Å². The monoisotopic (exact) mass is 407 g/mol. The van der Waals surface area contributed by atoms with Crippen LogP contribution in [0.25, 0.3) is 0 Å².